The number of aliphatic imine (C=N–C) groups is 1. The molecule has 0 aromatic carbocycles. The Morgan fingerprint density at radius 2 is 2.24 bits per heavy atom. The fraction of sp³-hybridized carbons (Fsp3) is 0.222. The van der Waals surface area contributed by atoms with Crippen LogP contribution in [0, 0.1) is 11.3 Å². The Hall–Kier alpha value is -3.40. The largest absolute Gasteiger partial charge is 0.332 e. The van der Waals surface area contributed by atoms with Crippen LogP contribution in [0.3, 0.4) is 0 Å². The molecule has 0 saturated carbocycles. The van der Waals surface area contributed by atoms with Gasteiger partial charge in [-0.25, -0.2) is 0 Å². The molecular formula is C18H19N7. The van der Waals surface area contributed by atoms with E-state index in [1.165, 1.54) is 0 Å². The average Bonchev–Trinajstić information content (AvgIpc) is 3.16. The van der Waals surface area contributed by atoms with Gasteiger partial charge in [0.15, 0.2) is 5.96 Å². The zero-order valence-corrected chi connectivity index (χ0v) is 14.0. The molecule has 0 atom stereocenters. The van der Waals surface area contributed by atoms with Gasteiger partial charge in [0.2, 0.25) is 0 Å². The third-order valence-corrected chi connectivity index (χ3v) is 3.72. The van der Waals surface area contributed by atoms with Gasteiger partial charge < -0.3 is 10.6 Å². The number of nitrogens with one attached hydrogen (secondary N) is 2. The van der Waals surface area contributed by atoms with Gasteiger partial charge in [-0.05, 0) is 37.1 Å². The van der Waals surface area contributed by atoms with Gasteiger partial charge in [0.1, 0.15) is 11.6 Å². The van der Waals surface area contributed by atoms with Gasteiger partial charge in [0.25, 0.3) is 0 Å². The fourth-order valence-corrected chi connectivity index (χ4v) is 2.45. The van der Waals surface area contributed by atoms with Crippen molar-refractivity contribution in [3.63, 3.8) is 0 Å². The van der Waals surface area contributed by atoms with E-state index in [1.807, 2.05) is 48.3 Å². The Kier molecular flexibility index (Phi) is 5.22. The number of guanidine groups is 1. The highest BCUT2D eigenvalue weighted by molar-refractivity contribution is 5.90. The van der Waals surface area contributed by atoms with Gasteiger partial charge in [0, 0.05) is 37.9 Å². The van der Waals surface area contributed by atoms with Crippen molar-refractivity contribution in [3.8, 4) is 6.07 Å². The number of aryl methyl sites for hydroxylation is 1. The topological polar surface area (TPSA) is 90.9 Å². The van der Waals surface area contributed by atoms with E-state index in [0.717, 1.165) is 24.2 Å². The lowest BCUT2D eigenvalue weighted by atomic mass is 10.1. The fourth-order valence-electron chi connectivity index (χ4n) is 2.45. The van der Waals surface area contributed by atoms with E-state index in [9.17, 15) is 5.26 Å². The molecule has 2 aromatic heterocycles. The van der Waals surface area contributed by atoms with E-state index < -0.39 is 0 Å². The Morgan fingerprint density at radius 3 is 2.96 bits per heavy atom. The molecule has 0 radical (unpaired) electrons. The van der Waals surface area contributed by atoms with Crippen LogP contribution >= 0.6 is 0 Å². The van der Waals surface area contributed by atoms with Crippen molar-refractivity contribution in [2.75, 3.05) is 6.54 Å². The molecule has 0 saturated heterocycles. The van der Waals surface area contributed by atoms with E-state index in [-0.39, 0.29) is 0 Å². The molecule has 126 valence electrons. The maximum Gasteiger partial charge on any atom is 0.199 e. The number of nitriles is 1. The molecule has 0 amide bonds. The summed E-state index contributed by atoms with van der Waals surface area (Å²) in [5.74, 6) is 0.629. The first-order chi connectivity index (χ1) is 12.3. The van der Waals surface area contributed by atoms with Crippen molar-refractivity contribution in [1.82, 2.24) is 25.4 Å². The molecule has 1 aliphatic heterocycles. The first-order valence-corrected chi connectivity index (χ1v) is 8.06. The van der Waals surface area contributed by atoms with E-state index >= 15 is 0 Å². The van der Waals surface area contributed by atoms with Gasteiger partial charge in [-0.1, -0.05) is 6.07 Å². The number of aromatic nitrogens is 3. The zero-order chi connectivity index (χ0) is 17.5. The number of hydrogen-bond acceptors (Lipinski definition) is 4. The Morgan fingerprint density at radius 1 is 1.32 bits per heavy atom. The summed E-state index contributed by atoms with van der Waals surface area (Å²) in [7, 11) is 0. The van der Waals surface area contributed by atoms with Gasteiger partial charge in [-0.15, -0.1) is 0 Å². The van der Waals surface area contributed by atoms with E-state index in [2.05, 4.69) is 31.8 Å². The monoisotopic (exact) mass is 333 g/mol. The summed E-state index contributed by atoms with van der Waals surface area (Å²) in [5, 5.41) is 20.1. The highest BCUT2D eigenvalue weighted by Crippen LogP contribution is 2.20. The highest BCUT2D eigenvalue weighted by atomic mass is 15.3. The lowest BCUT2D eigenvalue weighted by Crippen LogP contribution is -2.39. The lowest BCUT2D eigenvalue weighted by Gasteiger charge is -2.21. The number of nitrogens with zero attached hydrogens (tertiary/aromatic N) is 5. The Bertz CT molecular complexity index is 839. The minimum Gasteiger partial charge on any atom is -0.332 e. The Balaban J connectivity index is 1.72. The van der Waals surface area contributed by atoms with Crippen molar-refractivity contribution in [2.24, 2.45) is 4.99 Å². The quantitative estimate of drug-likeness (QED) is 0.645. The van der Waals surface area contributed by atoms with Crippen molar-refractivity contribution in [1.29, 1.82) is 5.26 Å². The highest BCUT2D eigenvalue weighted by Gasteiger charge is 2.17. The first-order valence-electron chi connectivity index (χ1n) is 8.06. The van der Waals surface area contributed by atoms with Crippen molar-refractivity contribution in [3.05, 3.63) is 66.0 Å². The van der Waals surface area contributed by atoms with Crippen LogP contribution in [0.5, 0.6) is 0 Å². The predicted molar refractivity (Wildman–Crippen MR) is 95.9 cm³/mol. The van der Waals surface area contributed by atoms with Gasteiger partial charge >= 0.3 is 0 Å². The molecule has 2 N–H and O–H groups in total. The summed E-state index contributed by atoms with van der Waals surface area (Å²) in [6.07, 6.45) is 8.10. The summed E-state index contributed by atoms with van der Waals surface area (Å²) in [6, 6.07) is 9.67. The lowest BCUT2D eigenvalue weighted by molar-refractivity contribution is 0.584. The summed E-state index contributed by atoms with van der Waals surface area (Å²) in [6.45, 7) is 3.41. The molecule has 3 rings (SSSR count). The molecule has 0 unspecified atom stereocenters. The van der Waals surface area contributed by atoms with Gasteiger partial charge in [-0.2, -0.15) is 10.4 Å². The summed E-state index contributed by atoms with van der Waals surface area (Å²) < 4.78 is 1.88. The molecule has 7 nitrogen and oxygen atoms in total. The van der Waals surface area contributed by atoms with Crippen molar-refractivity contribution in [2.45, 2.75) is 19.9 Å². The predicted octanol–water partition coefficient (Wildman–Crippen LogP) is 2.06. The maximum atomic E-state index is 9.57. The van der Waals surface area contributed by atoms with Gasteiger partial charge in [-0.3, -0.25) is 14.7 Å². The number of rotatable bonds is 5. The van der Waals surface area contributed by atoms with Crippen LogP contribution in [0.1, 0.15) is 19.0 Å². The summed E-state index contributed by atoms with van der Waals surface area (Å²) in [4.78, 5) is 8.79. The number of allylic oxidation sites excluding steroid dienone is 2. The summed E-state index contributed by atoms with van der Waals surface area (Å²) >= 11 is 0. The van der Waals surface area contributed by atoms with E-state index in [1.54, 1.807) is 12.4 Å². The third kappa shape index (κ3) is 4.12. The zero-order valence-electron chi connectivity index (χ0n) is 14.0. The molecule has 7 heteroatoms. The van der Waals surface area contributed by atoms with Crippen LogP contribution in [0.4, 0.5) is 0 Å². The second kappa shape index (κ2) is 7.93. The minimum atomic E-state index is 0.500. The number of hydrogen-bond donors (Lipinski definition) is 2. The second-order valence-corrected chi connectivity index (χ2v) is 5.53. The van der Waals surface area contributed by atoms with Crippen LogP contribution in [0.2, 0.25) is 0 Å². The van der Waals surface area contributed by atoms with Crippen molar-refractivity contribution < 1.29 is 0 Å². The van der Waals surface area contributed by atoms with Crippen molar-refractivity contribution >= 4 is 11.5 Å². The molecule has 0 fully saturated rings. The van der Waals surface area contributed by atoms with Crippen LogP contribution in [-0.2, 0) is 6.54 Å². The van der Waals surface area contributed by atoms with E-state index in [0.29, 0.717) is 23.8 Å². The maximum absolute atomic E-state index is 9.57. The smallest absolute Gasteiger partial charge is 0.199 e. The van der Waals surface area contributed by atoms with Gasteiger partial charge in [0.05, 0.1) is 11.4 Å². The minimum absolute atomic E-state index is 0.500. The molecule has 25 heavy (non-hydrogen) atoms. The normalized spacial score (nSPS) is 17.3. The van der Waals surface area contributed by atoms with Crippen LogP contribution in [0.15, 0.2) is 65.3 Å². The molecule has 0 spiro atoms. The molecule has 3 heterocycles. The SMILES string of the molecule is CC1=CNC(=NCCCn2cccn2)N/C1=C(\C#N)c1ccccn1. The van der Waals surface area contributed by atoms with E-state index in [4.69, 9.17) is 0 Å². The molecule has 0 bridgehead atoms. The van der Waals surface area contributed by atoms with Crippen LogP contribution < -0.4 is 10.6 Å². The third-order valence-electron chi connectivity index (χ3n) is 3.72. The standard InChI is InChI=1S/C18H19N7/c1-14-13-22-18(21-8-4-10-25-11-5-9-23-25)24-17(14)15(12-19)16-6-2-3-7-20-16/h2-3,5-7,9,11,13H,4,8,10H2,1H3,(H2,21,22,24)/b17-15+. The first kappa shape index (κ1) is 16.5. The average molecular weight is 333 g/mol. The van der Waals surface area contributed by atoms with Crippen LogP contribution in [-0.4, -0.2) is 27.3 Å². The number of pyridine rings is 1. The molecule has 2 aromatic rings. The second-order valence-electron chi connectivity index (χ2n) is 5.53. The molecule has 1 aliphatic rings. The Labute approximate surface area is 146 Å². The molecular weight excluding hydrogens is 314 g/mol. The summed E-state index contributed by atoms with van der Waals surface area (Å²) in [5.41, 5.74) is 2.80. The van der Waals surface area contributed by atoms with Crippen LogP contribution in [0.25, 0.3) is 5.57 Å². The molecule has 0 aliphatic carbocycles.